The number of aromatic nitrogens is 3. The monoisotopic (exact) mass is 209 g/mol. The molecule has 3 rings (SSSR count). The maximum atomic E-state index is 4.10. The Balaban J connectivity index is 1.99. The summed E-state index contributed by atoms with van der Waals surface area (Å²) in [5.74, 6) is 0. The smallest absolute Gasteiger partial charge is 0.0949 e. The van der Waals surface area contributed by atoms with Crippen molar-refractivity contribution < 1.29 is 0 Å². The average molecular weight is 209 g/mol. The first-order chi connectivity index (χ1) is 7.92. The molecule has 0 unspecified atom stereocenters. The van der Waals surface area contributed by atoms with Gasteiger partial charge in [-0.25, -0.2) is 4.98 Å². The van der Waals surface area contributed by atoms with Crippen LogP contribution in [0.4, 0.5) is 0 Å². The molecular weight excluding hydrogens is 198 g/mol. The zero-order valence-electron chi connectivity index (χ0n) is 8.74. The molecule has 0 fully saturated rings. The Morgan fingerprint density at radius 2 is 2.00 bits per heavy atom. The van der Waals surface area contributed by atoms with Gasteiger partial charge in [-0.2, -0.15) is 0 Å². The van der Waals surface area contributed by atoms with E-state index >= 15 is 0 Å². The summed E-state index contributed by atoms with van der Waals surface area (Å²) in [5.41, 5.74) is 1.27. The normalized spacial score (nSPS) is 10.8. The molecule has 78 valence electrons. The predicted molar refractivity (Wildman–Crippen MR) is 63.1 cm³/mol. The molecule has 0 bridgehead atoms. The molecular formula is C13H11N3. The number of hydrogen-bond acceptors (Lipinski definition) is 2. The van der Waals surface area contributed by atoms with Crippen LogP contribution in [0.5, 0.6) is 0 Å². The summed E-state index contributed by atoms with van der Waals surface area (Å²) in [4.78, 5) is 8.14. The van der Waals surface area contributed by atoms with Gasteiger partial charge in [-0.15, -0.1) is 0 Å². The molecule has 2 heterocycles. The molecule has 3 heteroatoms. The lowest BCUT2D eigenvalue weighted by atomic mass is 10.1. The number of pyridine rings is 1. The Kier molecular flexibility index (Phi) is 2.14. The van der Waals surface area contributed by atoms with E-state index in [1.165, 1.54) is 16.3 Å². The number of benzene rings is 1. The molecule has 0 amide bonds. The van der Waals surface area contributed by atoms with Crippen LogP contribution in [0.15, 0.2) is 55.4 Å². The molecule has 0 aliphatic carbocycles. The van der Waals surface area contributed by atoms with Gasteiger partial charge in [-0.1, -0.05) is 12.1 Å². The first kappa shape index (κ1) is 9.09. The van der Waals surface area contributed by atoms with Crippen LogP contribution in [0.3, 0.4) is 0 Å². The predicted octanol–water partition coefficient (Wildman–Crippen LogP) is 2.48. The third kappa shape index (κ3) is 1.67. The first-order valence-corrected chi connectivity index (χ1v) is 5.20. The SMILES string of the molecule is c1cc2cc(Cn3ccnc3)ccc2cn1. The Morgan fingerprint density at radius 1 is 1.00 bits per heavy atom. The average Bonchev–Trinajstić information content (AvgIpc) is 2.82. The minimum absolute atomic E-state index is 0.859. The van der Waals surface area contributed by atoms with Crippen LogP contribution < -0.4 is 0 Å². The summed E-state index contributed by atoms with van der Waals surface area (Å²) >= 11 is 0. The summed E-state index contributed by atoms with van der Waals surface area (Å²) in [6, 6.07) is 8.46. The molecule has 1 aromatic carbocycles. The highest BCUT2D eigenvalue weighted by atomic mass is 15.0. The third-order valence-corrected chi connectivity index (χ3v) is 2.63. The minimum Gasteiger partial charge on any atom is -0.333 e. The quantitative estimate of drug-likeness (QED) is 0.649. The topological polar surface area (TPSA) is 30.7 Å². The van der Waals surface area contributed by atoms with Gasteiger partial charge >= 0.3 is 0 Å². The standard InChI is InChI=1S/C13H11N3/c1-2-13-8-14-4-3-12(13)7-11(1)9-16-6-5-15-10-16/h1-8,10H,9H2. The summed E-state index contributed by atoms with van der Waals surface area (Å²) in [5, 5.41) is 2.41. The Labute approximate surface area is 93.4 Å². The zero-order chi connectivity index (χ0) is 10.8. The van der Waals surface area contributed by atoms with E-state index in [4.69, 9.17) is 0 Å². The maximum Gasteiger partial charge on any atom is 0.0949 e. The van der Waals surface area contributed by atoms with Crippen LogP contribution in [0.1, 0.15) is 5.56 Å². The molecule has 3 aromatic rings. The van der Waals surface area contributed by atoms with Crippen molar-refractivity contribution >= 4 is 10.8 Å². The summed E-state index contributed by atoms with van der Waals surface area (Å²) < 4.78 is 2.06. The summed E-state index contributed by atoms with van der Waals surface area (Å²) in [7, 11) is 0. The van der Waals surface area contributed by atoms with E-state index in [9.17, 15) is 0 Å². The van der Waals surface area contributed by atoms with Gasteiger partial charge in [0.05, 0.1) is 6.33 Å². The Hall–Kier alpha value is -2.16. The maximum absolute atomic E-state index is 4.10. The fraction of sp³-hybridized carbons (Fsp3) is 0.0769. The highest BCUT2D eigenvalue weighted by Gasteiger charge is 1.97. The fourth-order valence-electron chi connectivity index (χ4n) is 1.82. The van der Waals surface area contributed by atoms with Gasteiger partial charge in [0.15, 0.2) is 0 Å². The molecule has 0 saturated heterocycles. The van der Waals surface area contributed by atoms with Gasteiger partial charge in [0, 0.05) is 36.7 Å². The Morgan fingerprint density at radius 3 is 2.88 bits per heavy atom. The van der Waals surface area contributed by atoms with Crippen molar-refractivity contribution in [2.45, 2.75) is 6.54 Å². The molecule has 0 N–H and O–H groups in total. The molecule has 0 aliphatic heterocycles. The lowest BCUT2D eigenvalue weighted by Gasteiger charge is -2.04. The fourth-order valence-corrected chi connectivity index (χ4v) is 1.82. The molecule has 3 nitrogen and oxygen atoms in total. The molecule has 0 atom stereocenters. The van der Waals surface area contributed by atoms with Crippen LogP contribution in [-0.2, 0) is 6.54 Å². The van der Waals surface area contributed by atoms with Crippen LogP contribution in [0, 0.1) is 0 Å². The van der Waals surface area contributed by atoms with Crippen LogP contribution >= 0.6 is 0 Å². The lowest BCUT2D eigenvalue weighted by Crippen LogP contribution is -1.95. The Bertz CT molecular complexity index is 599. The number of imidazole rings is 1. The largest absolute Gasteiger partial charge is 0.333 e. The van der Waals surface area contributed by atoms with Gasteiger partial charge in [0.1, 0.15) is 0 Å². The van der Waals surface area contributed by atoms with Crippen molar-refractivity contribution in [3.63, 3.8) is 0 Å². The molecule has 0 aliphatic rings. The van der Waals surface area contributed by atoms with E-state index < -0.39 is 0 Å². The van der Waals surface area contributed by atoms with Gasteiger partial charge in [0.25, 0.3) is 0 Å². The summed E-state index contributed by atoms with van der Waals surface area (Å²) in [6.45, 7) is 0.859. The second-order valence-corrected chi connectivity index (χ2v) is 3.79. The number of nitrogens with zero attached hydrogens (tertiary/aromatic N) is 3. The molecule has 16 heavy (non-hydrogen) atoms. The zero-order valence-corrected chi connectivity index (χ0v) is 8.74. The van der Waals surface area contributed by atoms with Crippen molar-refractivity contribution in [2.24, 2.45) is 0 Å². The molecule has 0 radical (unpaired) electrons. The second-order valence-electron chi connectivity index (χ2n) is 3.79. The second kappa shape index (κ2) is 3.77. The van der Waals surface area contributed by atoms with Gasteiger partial charge in [-0.05, 0) is 23.1 Å². The van der Waals surface area contributed by atoms with Crippen molar-refractivity contribution in [3.8, 4) is 0 Å². The first-order valence-electron chi connectivity index (χ1n) is 5.20. The van der Waals surface area contributed by atoms with Crippen LogP contribution in [-0.4, -0.2) is 14.5 Å². The number of fused-ring (bicyclic) bond motifs is 1. The lowest BCUT2D eigenvalue weighted by molar-refractivity contribution is 0.798. The van der Waals surface area contributed by atoms with E-state index in [0.717, 1.165) is 6.54 Å². The molecule has 2 aromatic heterocycles. The van der Waals surface area contributed by atoms with Gasteiger partial charge in [0.2, 0.25) is 0 Å². The van der Waals surface area contributed by atoms with Gasteiger partial charge in [-0.3, -0.25) is 4.98 Å². The van der Waals surface area contributed by atoms with E-state index in [1.807, 2.05) is 31.0 Å². The third-order valence-electron chi connectivity index (χ3n) is 2.63. The van der Waals surface area contributed by atoms with Crippen molar-refractivity contribution in [1.29, 1.82) is 0 Å². The van der Waals surface area contributed by atoms with Crippen LogP contribution in [0.25, 0.3) is 10.8 Å². The van der Waals surface area contributed by atoms with E-state index in [2.05, 4.69) is 32.7 Å². The van der Waals surface area contributed by atoms with Crippen molar-refractivity contribution in [2.75, 3.05) is 0 Å². The van der Waals surface area contributed by atoms with Crippen LogP contribution in [0.2, 0.25) is 0 Å². The highest BCUT2D eigenvalue weighted by molar-refractivity contribution is 5.81. The molecule has 0 spiro atoms. The minimum atomic E-state index is 0.859. The van der Waals surface area contributed by atoms with E-state index in [-0.39, 0.29) is 0 Å². The van der Waals surface area contributed by atoms with Gasteiger partial charge < -0.3 is 4.57 Å². The molecule has 0 saturated carbocycles. The van der Waals surface area contributed by atoms with E-state index in [0.29, 0.717) is 0 Å². The number of rotatable bonds is 2. The highest BCUT2D eigenvalue weighted by Crippen LogP contribution is 2.15. The summed E-state index contributed by atoms with van der Waals surface area (Å²) in [6.07, 6.45) is 9.30. The van der Waals surface area contributed by atoms with Crippen molar-refractivity contribution in [3.05, 3.63) is 60.9 Å². The van der Waals surface area contributed by atoms with E-state index in [1.54, 1.807) is 6.20 Å². The number of hydrogen-bond donors (Lipinski definition) is 0. The van der Waals surface area contributed by atoms with Crippen molar-refractivity contribution in [1.82, 2.24) is 14.5 Å².